The predicted molar refractivity (Wildman–Crippen MR) is 127 cm³/mol. The smallest absolute Gasteiger partial charge is 0.230 e. The highest BCUT2D eigenvalue weighted by Crippen LogP contribution is 2.34. The van der Waals surface area contributed by atoms with Gasteiger partial charge in [0.25, 0.3) is 0 Å². The first-order chi connectivity index (χ1) is 15.6. The molecule has 3 aromatic heterocycles. The highest BCUT2D eigenvalue weighted by Gasteiger charge is 2.13. The van der Waals surface area contributed by atoms with E-state index in [1.807, 2.05) is 55.5 Å². The van der Waals surface area contributed by atoms with Crippen LogP contribution in [0.4, 0.5) is 0 Å². The van der Waals surface area contributed by atoms with Gasteiger partial charge in [-0.1, -0.05) is 23.9 Å². The number of carbonyl (C=O) groups is 1. The number of aromatic nitrogens is 4. The molecule has 7 nitrogen and oxygen atoms in total. The first-order valence-electron chi connectivity index (χ1n) is 9.87. The van der Waals surface area contributed by atoms with Gasteiger partial charge in [-0.2, -0.15) is 0 Å². The molecule has 0 bridgehead atoms. The molecule has 3 heterocycles. The largest absolute Gasteiger partial charge is 0.497 e. The molecule has 0 aliphatic rings. The number of carbonyl (C=O) groups excluding carboxylic acids is 1. The Hall–Kier alpha value is -3.30. The molecule has 0 atom stereocenters. The second-order valence-electron chi connectivity index (χ2n) is 6.85. The van der Waals surface area contributed by atoms with Gasteiger partial charge in [0, 0.05) is 24.5 Å². The van der Waals surface area contributed by atoms with Gasteiger partial charge in [-0.15, -0.1) is 21.5 Å². The van der Waals surface area contributed by atoms with Gasteiger partial charge in [-0.3, -0.25) is 9.78 Å². The molecule has 4 aromatic rings. The number of methoxy groups -OCH3 is 1. The number of amides is 1. The molecule has 0 fully saturated rings. The van der Waals surface area contributed by atoms with E-state index in [9.17, 15) is 4.79 Å². The van der Waals surface area contributed by atoms with Crippen molar-refractivity contribution < 1.29 is 9.53 Å². The number of thiazole rings is 1. The van der Waals surface area contributed by atoms with Crippen LogP contribution in [0.15, 0.2) is 66.0 Å². The zero-order valence-electron chi connectivity index (χ0n) is 17.6. The monoisotopic (exact) mass is 463 g/mol. The Kier molecular flexibility index (Phi) is 7.08. The lowest BCUT2D eigenvalue weighted by atomic mass is 10.2. The van der Waals surface area contributed by atoms with Crippen LogP contribution in [0.5, 0.6) is 5.75 Å². The molecule has 0 spiro atoms. The van der Waals surface area contributed by atoms with Gasteiger partial charge in [-0.25, -0.2) is 4.98 Å². The van der Waals surface area contributed by atoms with Crippen molar-refractivity contribution in [1.82, 2.24) is 25.5 Å². The van der Waals surface area contributed by atoms with Gasteiger partial charge in [0.2, 0.25) is 5.91 Å². The van der Waals surface area contributed by atoms with Crippen LogP contribution in [-0.2, 0) is 11.3 Å². The fraction of sp³-hybridized carbons (Fsp3) is 0.174. The summed E-state index contributed by atoms with van der Waals surface area (Å²) >= 11 is 2.91. The highest BCUT2D eigenvalue weighted by atomic mass is 32.2. The number of rotatable bonds is 8. The van der Waals surface area contributed by atoms with Crippen molar-refractivity contribution in [3.8, 4) is 26.9 Å². The number of pyridine rings is 1. The fourth-order valence-electron chi connectivity index (χ4n) is 2.94. The lowest BCUT2D eigenvalue weighted by molar-refractivity contribution is -0.118. The maximum absolute atomic E-state index is 12.2. The molecule has 1 aromatic carbocycles. The Morgan fingerprint density at radius 2 is 2.06 bits per heavy atom. The van der Waals surface area contributed by atoms with Gasteiger partial charge in [0.05, 0.1) is 23.4 Å². The Bertz CT molecular complexity index is 1200. The minimum absolute atomic E-state index is 0.0666. The summed E-state index contributed by atoms with van der Waals surface area (Å²) in [7, 11) is 1.62. The van der Waals surface area contributed by atoms with Crippen LogP contribution in [0.25, 0.3) is 21.1 Å². The molecular formula is C23H21N5O2S2. The van der Waals surface area contributed by atoms with Crippen LogP contribution < -0.4 is 10.1 Å². The second kappa shape index (κ2) is 10.3. The Morgan fingerprint density at radius 3 is 2.81 bits per heavy atom. The third-order valence-electron chi connectivity index (χ3n) is 4.55. The quantitative estimate of drug-likeness (QED) is 0.388. The lowest BCUT2D eigenvalue weighted by Gasteiger charge is -2.07. The van der Waals surface area contributed by atoms with E-state index < -0.39 is 0 Å². The van der Waals surface area contributed by atoms with E-state index in [1.165, 1.54) is 11.8 Å². The summed E-state index contributed by atoms with van der Waals surface area (Å²) in [4.78, 5) is 22.0. The number of nitrogens with one attached hydrogen (secondary N) is 1. The number of hydrogen-bond donors (Lipinski definition) is 1. The van der Waals surface area contributed by atoms with E-state index in [0.29, 0.717) is 11.6 Å². The van der Waals surface area contributed by atoms with Gasteiger partial charge in [0.15, 0.2) is 0 Å². The number of benzene rings is 1. The van der Waals surface area contributed by atoms with Gasteiger partial charge in [-0.05, 0) is 48.9 Å². The summed E-state index contributed by atoms with van der Waals surface area (Å²) in [6.07, 6.45) is 3.54. The predicted octanol–water partition coefficient (Wildman–Crippen LogP) is 4.39. The maximum atomic E-state index is 12.2. The van der Waals surface area contributed by atoms with E-state index in [4.69, 9.17) is 4.74 Å². The molecule has 32 heavy (non-hydrogen) atoms. The molecule has 1 N–H and O–H groups in total. The molecule has 0 saturated heterocycles. The lowest BCUT2D eigenvalue weighted by Crippen LogP contribution is -2.24. The average Bonchev–Trinajstić information content (AvgIpc) is 3.24. The second-order valence-corrected chi connectivity index (χ2v) is 8.84. The van der Waals surface area contributed by atoms with Crippen LogP contribution in [0.2, 0.25) is 0 Å². The fourth-order valence-corrected chi connectivity index (χ4v) is 4.60. The van der Waals surface area contributed by atoms with Crippen molar-refractivity contribution in [2.75, 3.05) is 12.9 Å². The van der Waals surface area contributed by atoms with E-state index in [2.05, 4.69) is 25.5 Å². The molecule has 162 valence electrons. The average molecular weight is 464 g/mol. The Balaban J connectivity index is 1.33. The number of ether oxygens (including phenoxy) is 1. The summed E-state index contributed by atoms with van der Waals surface area (Å²) < 4.78 is 5.20. The molecule has 0 radical (unpaired) electrons. The Morgan fingerprint density at radius 1 is 1.16 bits per heavy atom. The standard InChI is InChI=1S/C23H21N5O2S2/c1-15-22(32-23(26-15)17-6-4-10-24-13-17)19-8-9-21(28-27-19)31-14-20(29)25-12-16-5-3-7-18(11-16)30-2/h3-11,13H,12,14H2,1-2H3,(H,25,29). The van der Waals surface area contributed by atoms with Crippen LogP contribution in [0.3, 0.4) is 0 Å². The molecular weight excluding hydrogens is 442 g/mol. The van der Waals surface area contributed by atoms with Gasteiger partial charge in [0.1, 0.15) is 21.5 Å². The topological polar surface area (TPSA) is 89.9 Å². The van der Waals surface area contributed by atoms with E-state index in [0.717, 1.165) is 38.1 Å². The van der Waals surface area contributed by atoms with Crippen molar-refractivity contribution >= 4 is 29.0 Å². The molecule has 0 aliphatic carbocycles. The Labute approximate surface area is 194 Å². The first-order valence-corrected chi connectivity index (χ1v) is 11.7. The maximum Gasteiger partial charge on any atom is 0.230 e. The SMILES string of the molecule is COc1cccc(CNC(=O)CSc2ccc(-c3sc(-c4cccnc4)nc3C)nn2)c1. The number of nitrogens with zero attached hydrogens (tertiary/aromatic N) is 4. The summed E-state index contributed by atoms with van der Waals surface area (Å²) in [5.41, 5.74) is 3.63. The third kappa shape index (κ3) is 5.49. The summed E-state index contributed by atoms with van der Waals surface area (Å²) in [5.74, 6) is 0.969. The molecule has 0 saturated carbocycles. The van der Waals surface area contributed by atoms with Crippen molar-refractivity contribution in [3.63, 3.8) is 0 Å². The highest BCUT2D eigenvalue weighted by molar-refractivity contribution is 7.99. The van der Waals surface area contributed by atoms with Crippen LogP contribution in [0, 0.1) is 6.92 Å². The van der Waals surface area contributed by atoms with Crippen LogP contribution in [-0.4, -0.2) is 38.9 Å². The summed E-state index contributed by atoms with van der Waals surface area (Å²) in [6, 6.07) is 15.3. The third-order valence-corrected chi connectivity index (χ3v) is 6.70. The molecule has 0 unspecified atom stereocenters. The number of aryl methyl sites for hydroxylation is 1. The normalized spacial score (nSPS) is 10.7. The van der Waals surface area contributed by atoms with E-state index >= 15 is 0 Å². The first kappa shape index (κ1) is 21.9. The summed E-state index contributed by atoms with van der Waals surface area (Å²) in [5, 5.41) is 13.1. The molecule has 9 heteroatoms. The van der Waals surface area contributed by atoms with Gasteiger partial charge >= 0.3 is 0 Å². The number of thioether (sulfide) groups is 1. The minimum Gasteiger partial charge on any atom is -0.497 e. The van der Waals surface area contributed by atoms with Crippen molar-refractivity contribution in [1.29, 1.82) is 0 Å². The summed E-state index contributed by atoms with van der Waals surface area (Å²) in [6.45, 7) is 2.41. The van der Waals surface area contributed by atoms with E-state index in [-0.39, 0.29) is 11.7 Å². The van der Waals surface area contributed by atoms with Crippen molar-refractivity contribution in [2.45, 2.75) is 18.5 Å². The van der Waals surface area contributed by atoms with Crippen molar-refractivity contribution in [2.24, 2.45) is 0 Å². The molecule has 0 aliphatic heterocycles. The molecule has 4 rings (SSSR count). The van der Waals surface area contributed by atoms with E-state index in [1.54, 1.807) is 30.8 Å². The molecule has 1 amide bonds. The minimum atomic E-state index is -0.0666. The van der Waals surface area contributed by atoms with Crippen molar-refractivity contribution in [3.05, 3.63) is 72.2 Å². The van der Waals surface area contributed by atoms with Gasteiger partial charge < -0.3 is 10.1 Å². The van der Waals surface area contributed by atoms with Crippen LogP contribution in [0.1, 0.15) is 11.3 Å². The number of hydrogen-bond acceptors (Lipinski definition) is 8. The van der Waals surface area contributed by atoms with Crippen LogP contribution >= 0.6 is 23.1 Å². The zero-order valence-corrected chi connectivity index (χ0v) is 19.2. The zero-order chi connectivity index (χ0) is 22.3.